The van der Waals surface area contributed by atoms with Gasteiger partial charge in [-0.2, -0.15) is 13.2 Å². The Morgan fingerprint density at radius 1 is 1.37 bits per heavy atom. The summed E-state index contributed by atoms with van der Waals surface area (Å²) in [5.41, 5.74) is 0. The minimum absolute atomic E-state index is 0.292. The highest BCUT2D eigenvalue weighted by molar-refractivity contribution is 7.85. The summed E-state index contributed by atoms with van der Waals surface area (Å²) in [6.45, 7) is -1.53. The lowest BCUT2D eigenvalue weighted by Gasteiger charge is -2.07. The average Bonchev–Trinajstić information content (AvgIpc) is 2.74. The van der Waals surface area contributed by atoms with Crippen LogP contribution in [0, 0.1) is 0 Å². The zero-order valence-corrected chi connectivity index (χ0v) is 10.0. The predicted octanol–water partition coefficient (Wildman–Crippen LogP) is 0.764. The van der Waals surface area contributed by atoms with Gasteiger partial charge in [0.05, 0.1) is 10.8 Å². The first-order valence-corrected chi connectivity index (χ1v) is 6.06. The lowest BCUT2D eigenvalue weighted by molar-refractivity contribution is -0.136. The van der Waals surface area contributed by atoms with Gasteiger partial charge in [0, 0.05) is 0 Å². The summed E-state index contributed by atoms with van der Waals surface area (Å²) in [5.74, 6) is -3.68. The van der Waals surface area contributed by atoms with Crippen molar-refractivity contribution in [3.8, 4) is 0 Å². The lowest BCUT2D eigenvalue weighted by atomic mass is 10.5. The van der Waals surface area contributed by atoms with Gasteiger partial charge < -0.3 is 14.8 Å². The Morgan fingerprint density at radius 3 is 2.47 bits per heavy atom. The van der Waals surface area contributed by atoms with E-state index in [0.29, 0.717) is 0 Å². The van der Waals surface area contributed by atoms with Crippen molar-refractivity contribution < 1.29 is 36.5 Å². The molecule has 0 radical (unpaired) electrons. The maximum absolute atomic E-state index is 11.8. The summed E-state index contributed by atoms with van der Waals surface area (Å²) in [6.07, 6.45) is -4.56. The van der Waals surface area contributed by atoms with E-state index in [4.69, 9.17) is 5.11 Å². The van der Waals surface area contributed by atoms with Crippen LogP contribution < -0.4 is 5.32 Å². The molecule has 1 rings (SSSR count). The van der Waals surface area contributed by atoms with Gasteiger partial charge in [-0.3, -0.25) is 9.00 Å². The molecule has 1 amide bonds. The van der Waals surface area contributed by atoms with Gasteiger partial charge in [-0.25, -0.2) is 4.79 Å². The molecule has 1 aromatic rings. The summed E-state index contributed by atoms with van der Waals surface area (Å²) in [4.78, 5) is 21.5. The van der Waals surface area contributed by atoms with E-state index in [1.807, 2.05) is 0 Å². The number of carboxylic acids is 1. The van der Waals surface area contributed by atoms with Crippen LogP contribution in [0.4, 0.5) is 13.2 Å². The van der Waals surface area contributed by atoms with E-state index in [-0.39, 0.29) is 5.09 Å². The summed E-state index contributed by atoms with van der Waals surface area (Å²) in [7, 11) is -2.05. The van der Waals surface area contributed by atoms with Gasteiger partial charge in [-0.15, -0.1) is 0 Å². The number of halogens is 3. The summed E-state index contributed by atoms with van der Waals surface area (Å²) < 4.78 is 51.5. The number of carboxylic acid groups (broad SMARTS) is 1. The highest BCUT2D eigenvalue weighted by Crippen LogP contribution is 2.14. The minimum Gasteiger partial charge on any atom is -0.475 e. The summed E-state index contributed by atoms with van der Waals surface area (Å²) in [5, 5.41) is 9.78. The van der Waals surface area contributed by atoms with E-state index in [0.717, 1.165) is 12.1 Å². The third kappa shape index (κ3) is 5.12. The van der Waals surface area contributed by atoms with Gasteiger partial charge >= 0.3 is 12.1 Å². The molecule has 6 nitrogen and oxygen atoms in total. The zero-order valence-electron chi connectivity index (χ0n) is 9.19. The van der Waals surface area contributed by atoms with Crippen molar-refractivity contribution >= 4 is 22.7 Å². The molecule has 0 aliphatic carbocycles. The molecule has 19 heavy (non-hydrogen) atoms. The first-order valence-electron chi connectivity index (χ1n) is 4.74. The summed E-state index contributed by atoms with van der Waals surface area (Å²) in [6, 6.07) is 2.11. The van der Waals surface area contributed by atoms with E-state index in [9.17, 15) is 27.0 Å². The molecular formula is C9H8F3NO5S. The Hall–Kier alpha value is -1.84. The number of aromatic carboxylic acids is 1. The van der Waals surface area contributed by atoms with Crippen LogP contribution in [0.15, 0.2) is 21.6 Å². The molecule has 1 aromatic heterocycles. The van der Waals surface area contributed by atoms with Crippen molar-refractivity contribution in [3.63, 3.8) is 0 Å². The molecule has 106 valence electrons. The fourth-order valence-electron chi connectivity index (χ4n) is 0.997. The highest BCUT2D eigenvalue weighted by Gasteiger charge is 2.28. The fraction of sp³-hybridized carbons (Fsp3) is 0.333. The molecular weight excluding hydrogens is 291 g/mol. The van der Waals surface area contributed by atoms with E-state index >= 15 is 0 Å². The van der Waals surface area contributed by atoms with Gasteiger partial charge in [0.15, 0.2) is 5.09 Å². The van der Waals surface area contributed by atoms with Crippen molar-refractivity contribution in [2.75, 3.05) is 12.3 Å². The molecule has 0 saturated heterocycles. The number of furan rings is 1. The molecule has 1 atom stereocenters. The smallest absolute Gasteiger partial charge is 0.405 e. The Bertz CT molecular complexity index is 510. The van der Waals surface area contributed by atoms with E-state index < -0.39 is 46.9 Å². The molecule has 0 aliphatic rings. The second kappa shape index (κ2) is 5.87. The van der Waals surface area contributed by atoms with Crippen molar-refractivity contribution in [1.82, 2.24) is 5.32 Å². The quantitative estimate of drug-likeness (QED) is 0.837. The molecule has 10 heteroatoms. The maximum atomic E-state index is 11.8. The third-order valence-electron chi connectivity index (χ3n) is 1.76. The largest absolute Gasteiger partial charge is 0.475 e. The maximum Gasteiger partial charge on any atom is 0.405 e. The van der Waals surface area contributed by atoms with Gasteiger partial charge in [0.2, 0.25) is 11.7 Å². The Balaban J connectivity index is 2.54. The number of rotatable bonds is 5. The minimum atomic E-state index is -4.56. The number of carbonyl (C=O) groups excluding carboxylic acids is 1. The molecule has 2 N–H and O–H groups in total. The molecule has 0 bridgehead atoms. The predicted molar refractivity (Wildman–Crippen MR) is 56.0 cm³/mol. The normalized spacial score (nSPS) is 13.0. The number of hydrogen-bond acceptors (Lipinski definition) is 4. The van der Waals surface area contributed by atoms with Crippen LogP contribution in [-0.4, -0.2) is 39.7 Å². The van der Waals surface area contributed by atoms with Gasteiger partial charge in [0.1, 0.15) is 12.3 Å². The van der Waals surface area contributed by atoms with Crippen LogP contribution in [-0.2, 0) is 15.6 Å². The molecule has 0 fully saturated rings. The molecule has 0 spiro atoms. The van der Waals surface area contributed by atoms with E-state index in [1.165, 1.54) is 5.32 Å². The van der Waals surface area contributed by atoms with Crippen LogP contribution in [0.25, 0.3) is 0 Å². The third-order valence-corrected chi connectivity index (χ3v) is 2.96. The van der Waals surface area contributed by atoms with Gasteiger partial charge in [0.25, 0.3) is 0 Å². The molecule has 1 unspecified atom stereocenters. The Labute approximate surface area is 107 Å². The first-order chi connectivity index (χ1) is 8.69. The van der Waals surface area contributed by atoms with Crippen molar-refractivity contribution in [1.29, 1.82) is 0 Å². The molecule has 0 saturated carbocycles. The average molecular weight is 299 g/mol. The first kappa shape index (κ1) is 15.2. The zero-order chi connectivity index (χ0) is 14.6. The molecule has 1 heterocycles. The number of alkyl halides is 3. The SMILES string of the molecule is O=C(CS(=O)c1ccc(C(=O)O)o1)NCC(F)(F)F. The standard InChI is InChI=1S/C9H8F3NO5S/c10-9(11,12)4-13-6(14)3-19(17)7-2-1-5(18-7)8(15)16/h1-2H,3-4H2,(H,13,14)(H,15,16). The van der Waals surface area contributed by atoms with Crippen molar-refractivity contribution in [3.05, 3.63) is 17.9 Å². The van der Waals surface area contributed by atoms with E-state index in [1.54, 1.807) is 0 Å². The van der Waals surface area contributed by atoms with Crippen LogP contribution in [0.1, 0.15) is 10.6 Å². The topological polar surface area (TPSA) is 96.6 Å². The summed E-state index contributed by atoms with van der Waals surface area (Å²) >= 11 is 0. The van der Waals surface area contributed by atoms with Crippen LogP contribution in [0.5, 0.6) is 0 Å². The van der Waals surface area contributed by atoms with Crippen molar-refractivity contribution in [2.24, 2.45) is 0 Å². The van der Waals surface area contributed by atoms with Crippen LogP contribution >= 0.6 is 0 Å². The van der Waals surface area contributed by atoms with Crippen LogP contribution in [0.3, 0.4) is 0 Å². The second-order valence-electron chi connectivity index (χ2n) is 3.31. The number of nitrogens with one attached hydrogen (secondary N) is 1. The molecule has 0 aliphatic heterocycles. The van der Waals surface area contributed by atoms with Crippen LogP contribution in [0.2, 0.25) is 0 Å². The Morgan fingerprint density at radius 2 is 2.00 bits per heavy atom. The second-order valence-corrected chi connectivity index (χ2v) is 4.69. The number of amides is 1. The van der Waals surface area contributed by atoms with Gasteiger partial charge in [-0.05, 0) is 12.1 Å². The fourth-order valence-corrected chi connectivity index (χ4v) is 1.88. The highest BCUT2D eigenvalue weighted by atomic mass is 32.2. The van der Waals surface area contributed by atoms with Gasteiger partial charge in [-0.1, -0.05) is 0 Å². The number of hydrogen-bond donors (Lipinski definition) is 2. The van der Waals surface area contributed by atoms with E-state index in [2.05, 4.69) is 4.42 Å². The number of carbonyl (C=O) groups is 2. The molecule has 0 aromatic carbocycles. The lowest BCUT2D eigenvalue weighted by Crippen LogP contribution is -2.36. The van der Waals surface area contributed by atoms with Crippen molar-refractivity contribution in [2.45, 2.75) is 11.3 Å². The Kier molecular flexibility index (Phi) is 4.70. The monoisotopic (exact) mass is 299 g/mol.